The van der Waals surface area contributed by atoms with Crippen LogP contribution in [0.25, 0.3) is 11.1 Å². The second kappa shape index (κ2) is 8.17. The lowest BCUT2D eigenvalue weighted by Gasteiger charge is -2.31. The van der Waals surface area contributed by atoms with Crippen LogP contribution in [0.5, 0.6) is 0 Å². The molecule has 1 unspecified atom stereocenters. The summed E-state index contributed by atoms with van der Waals surface area (Å²) in [5.74, 6) is 0. The summed E-state index contributed by atoms with van der Waals surface area (Å²) in [5, 5.41) is 5.76. The molecule has 0 radical (unpaired) electrons. The van der Waals surface area contributed by atoms with Gasteiger partial charge in [-0.1, -0.05) is 54.6 Å². The van der Waals surface area contributed by atoms with Crippen LogP contribution in [0.2, 0.25) is 0 Å². The van der Waals surface area contributed by atoms with E-state index >= 15 is 0 Å². The maximum absolute atomic E-state index is 3.54. The van der Waals surface area contributed by atoms with Crippen LogP contribution in [-0.2, 0) is 0 Å². The topological polar surface area (TPSA) is 15.3 Å². The van der Waals surface area contributed by atoms with Gasteiger partial charge in [0.15, 0.2) is 0 Å². The van der Waals surface area contributed by atoms with Gasteiger partial charge < -0.3 is 5.32 Å². The van der Waals surface area contributed by atoms with Crippen molar-refractivity contribution in [2.75, 3.05) is 26.2 Å². The predicted octanol–water partition coefficient (Wildman–Crippen LogP) is 5.11. The summed E-state index contributed by atoms with van der Waals surface area (Å²) < 4.78 is 0. The van der Waals surface area contributed by atoms with E-state index in [0.717, 1.165) is 26.2 Å². The number of aryl methyl sites for hydroxylation is 1. The van der Waals surface area contributed by atoms with E-state index in [-0.39, 0.29) is 0 Å². The van der Waals surface area contributed by atoms with E-state index in [1.165, 1.54) is 33.6 Å². The average molecular weight is 363 g/mol. The Labute approximate surface area is 160 Å². The molecule has 1 N–H and O–H groups in total. The van der Waals surface area contributed by atoms with Crippen LogP contribution in [0, 0.1) is 6.92 Å². The molecule has 0 amide bonds. The number of hydrogen-bond donors (Lipinski definition) is 1. The van der Waals surface area contributed by atoms with E-state index in [2.05, 4.69) is 83.2 Å². The molecule has 1 aliphatic heterocycles. The third-order valence-corrected chi connectivity index (χ3v) is 6.29. The number of nitrogens with zero attached hydrogens (tertiary/aromatic N) is 1. The molecule has 3 aromatic rings. The van der Waals surface area contributed by atoms with E-state index < -0.39 is 0 Å². The van der Waals surface area contributed by atoms with Crippen LogP contribution >= 0.6 is 11.3 Å². The first-order valence-electron chi connectivity index (χ1n) is 9.47. The van der Waals surface area contributed by atoms with Crippen molar-refractivity contribution in [3.05, 3.63) is 82.0 Å². The Hall–Kier alpha value is -1.94. The second-order valence-electron chi connectivity index (χ2n) is 7.00. The molecule has 1 aliphatic rings. The normalized spacial score (nSPS) is 17.0. The molecule has 0 spiro atoms. The van der Waals surface area contributed by atoms with E-state index in [4.69, 9.17) is 0 Å². The first-order valence-corrected chi connectivity index (χ1v) is 10.3. The van der Waals surface area contributed by atoms with Crippen molar-refractivity contribution >= 4 is 11.3 Å². The summed E-state index contributed by atoms with van der Waals surface area (Å²) in [6.07, 6.45) is 1.21. The van der Waals surface area contributed by atoms with Crippen LogP contribution in [-0.4, -0.2) is 31.1 Å². The monoisotopic (exact) mass is 362 g/mol. The Morgan fingerprint density at radius 1 is 0.885 bits per heavy atom. The van der Waals surface area contributed by atoms with Crippen molar-refractivity contribution in [1.82, 2.24) is 10.2 Å². The van der Waals surface area contributed by atoms with Gasteiger partial charge in [0.2, 0.25) is 0 Å². The average Bonchev–Trinajstić information content (AvgIpc) is 2.94. The zero-order chi connectivity index (χ0) is 17.8. The molecule has 2 aromatic carbocycles. The van der Waals surface area contributed by atoms with Crippen LogP contribution in [0.15, 0.2) is 66.0 Å². The number of nitrogens with one attached hydrogen (secondary N) is 1. The van der Waals surface area contributed by atoms with Gasteiger partial charge in [-0.3, -0.25) is 4.90 Å². The Kier molecular flexibility index (Phi) is 5.49. The molecule has 134 valence electrons. The smallest absolute Gasteiger partial charge is 0.0699 e. The van der Waals surface area contributed by atoms with Crippen molar-refractivity contribution in [3.8, 4) is 11.1 Å². The largest absolute Gasteiger partial charge is 0.315 e. The zero-order valence-electron chi connectivity index (χ0n) is 15.3. The van der Waals surface area contributed by atoms with Crippen molar-refractivity contribution in [2.45, 2.75) is 19.4 Å². The molecule has 0 bridgehead atoms. The van der Waals surface area contributed by atoms with Gasteiger partial charge in [-0.25, -0.2) is 0 Å². The van der Waals surface area contributed by atoms with Gasteiger partial charge in [0.25, 0.3) is 0 Å². The van der Waals surface area contributed by atoms with Gasteiger partial charge in [0.05, 0.1) is 6.04 Å². The highest BCUT2D eigenvalue weighted by Gasteiger charge is 2.25. The van der Waals surface area contributed by atoms with Gasteiger partial charge in [-0.15, -0.1) is 11.3 Å². The minimum absolute atomic E-state index is 0.361. The highest BCUT2D eigenvalue weighted by Crippen LogP contribution is 2.35. The van der Waals surface area contributed by atoms with Crippen molar-refractivity contribution in [1.29, 1.82) is 0 Å². The van der Waals surface area contributed by atoms with Gasteiger partial charge in [0, 0.05) is 24.5 Å². The van der Waals surface area contributed by atoms with Crippen LogP contribution in [0.1, 0.15) is 28.5 Å². The lowest BCUT2D eigenvalue weighted by Crippen LogP contribution is -2.32. The minimum atomic E-state index is 0.361. The maximum Gasteiger partial charge on any atom is 0.0699 e. The molecule has 3 heteroatoms. The molecule has 0 saturated carbocycles. The quantitative estimate of drug-likeness (QED) is 0.694. The highest BCUT2D eigenvalue weighted by molar-refractivity contribution is 7.10. The standard InChI is InChI=1S/C23H26N2S/c1-18-12-17-26-23(18)22(25-15-5-13-24-14-16-25)21-10-8-20(9-11-21)19-6-3-2-4-7-19/h2-4,6-12,17,22,24H,5,13-16H2,1H3. The Bertz CT molecular complexity index is 815. The first-order chi connectivity index (χ1) is 12.8. The number of benzene rings is 2. The molecule has 4 rings (SSSR count). The van der Waals surface area contributed by atoms with Crippen LogP contribution < -0.4 is 5.32 Å². The fourth-order valence-electron chi connectivity index (χ4n) is 3.81. The number of rotatable bonds is 4. The van der Waals surface area contributed by atoms with E-state index in [0.29, 0.717) is 6.04 Å². The fourth-order valence-corrected chi connectivity index (χ4v) is 4.89. The molecule has 1 fully saturated rings. The molecule has 1 atom stereocenters. The molecule has 2 nitrogen and oxygen atoms in total. The summed E-state index contributed by atoms with van der Waals surface area (Å²) in [5.41, 5.74) is 5.37. The summed E-state index contributed by atoms with van der Waals surface area (Å²) in [6, 6.07) is 22.4. The molecular formula is C23H26N2S. The third-order valence-electron chi connectivity index (χ3n) is 5.22. The highest BCUT2D eigenvalue weighted by atomic mass is 32.1. The van der Waals surface area contributed by atoms with E-state index in [1.54, 1.807) is 0 Å². The van der Waals surface area contributed by atoms with Crippen molar-refractivity contribution in [2.24, 2.45) is 0 Å². The Morgan fingerprint density at radius 2 is 1.65 bits per heavy atom. The fraction of sp³-hybridized carbons (Fsp3) is 0.304. The van der Waals surface area contributed by atoms with Gasteiger partial charge in [0.1, 0.15) is 0 Å². The predicted molar refractivity (Wildman–Crippen MR) is 112 cm³/mol. The summed E-state index contributed by atoms with van der Waals surface area (Å²) in [6.45, 7) is 6.69. The Morgan fingerprint density at radius 3 is 2.38 bits per heavy atom. The second-order valence-corrected chi connectivity index (χ2v) is 7.95. The SMILES string of the molecule is Cc1ccsc1C(c1ccc(-c2ccccc2)cc1)N1CCCNCC1. The summed E-state index contributed by atoms with van der Waals surface area (Å²) in [4.78, 5) is 4.13. The Balaban J connectivity index is 1.68. The third kappa shape index (κ3) is 3.75. The minimum Gasteiger partial charge on any atom is -0.315 e. The molecule has 26 heavy (non-hydrogen) atoms. The molecule has 1 saturated heterocycles. The van der Waals surface area contributed by atoms with Crippen molar-refractivity contribution in [3.63, 3.8) is 0 Å². The number of hydrogen-bond acceptors (Lipinski definition) is 3. The van der Waals surface area contributed by atoms with E-state index in [1.807, 2.05) is 11.3 Å². The molecule has 0 aliphatic carbocycles. The van der Waals surface area contributed by atoms with Gasteiger partial charge in [-0.05, 0) is 53.6 Å². The molecule has 1 aromatic heterocycles. The lowest BCUT2D eigenvalue weighted by atomic mass is 9.97. The van der Waals surface area contributed by atoms with Crippen molar-refractivity contribution < 1.29 is 0 Å². The number of thiophene rings is 1. The first kappa shape index (κ1) is 17.5. The van der Waals surface area contributed by atoms with Crippen LogP contribution in [0.4, 0.5) is 0 Å². The summed E-state index contributed by atoms with van der Waals surface area (Å²) in [7, 11) is 0. The van der Waals surface area contributed by atoms with Gasteiger partial charge >= 0.3 is 0 Å². The van der Waals surface area contributed by atoms with Crippen LogP contribution in [0.3, 0.4) is 0 Å². The van der Waals surface area contributed by atoms with Gasteiger partial charge in [-0.2, -0.15) is 0 Å². The summed E-state index contributed by atoms with van der Waals surface area (Å²) >= 11 is 1.89. The molecule has 2 heterocycles. The van der Waals surface area contributed by atoms with E-state index in [9.17, 15) is 0 Å². The zero-order valence-corrected chi connectivity index (χ0v) is 16.1. The maximum atomic E-state index is 3.54. The molecular weight excluding hydrogens is 336 g/mol. The lowest BCUT2D eigenvalue weighted by molar-refractivity contribution is 0.243.